The molecule has 2 aromatic rings. The molecule has 0 saturated carbocycles. The van der Waals surface area contributed by atoms with E-state index in [1.807, 2.05) is 19.1 Å². The SMILES string of the molecule is CN=C(NCCc1ccc(C)c(OC)c1)NCC1(c2ccc(F)cc2)CCOCC1.I. The normalized spacial score (nSPS) is 15.7. The van der Waals surface area contributed by atoms with Crippen molar-refractivity contribution >= 4 is 29.9 Å². The number of halogens is 2. The van der Waals surface area contributed by atoms with Gasteiger partial charge in [0.25, 0.3) is 0 Å². The lowest BCUT2D eigenvalue weighted by molar-refractivity contribution is 0.0513. The second-order valence-electron chi connectivity index (χ2n) is 7.81. The predicted molar refractivity (Wildman–Crippen MR) is 134 cm³/mol. The first-order chi connectivity index (χ1) is 14.6. The fraction of sp³-hybridized carbons (Fsp3) is 0.458. The largest absolute Gasteiger partial charge is 0.496 e. The Morgan fingerprint density at radius 2 is 1.84 bits per heavy atom. The smallest absolute Gasteiger partial charge is 0.191 e. The summed E-state index contributed by atoms with van der Waals surface area (Å²) in [7, 11) is 3.47. The minimum Gasteiger partial charge on any atom is -0.496 e. The van der Waals surface area contributed by atoms with Crippen LogP contribution in [-0.4, -0.2) is 46.4 Å². The molecular weight excluding hydrogens is 508 g/mol. The number of rotatable bonds is 7. The van der Waals surface area contributed by atoms with Gasteiger partial charge < -0.3 is 20.1 Å². The van der Waals surface area contributed by atoms with Gasteiger partial charge in [0, 0.05) is 38.8 Å². The van der Waals surface area contributed by atoms with Crippen LogP contribution in [0.2, 0.25) is 0 Å². The molecule has 5 nitrogen and oxygen atoms in total. The lowest BCUT2D eigenvalue weighted by atomic mass is 9.74. The summed E-state index contributed by atoms with van der Waals surface area (Å²) in [6.07, 6.45) is 2.66. The molecule has 0 atom stereocenters. The van der Waals surface area contributed by atoms with Crippen molar-refractivity contribution in [2.45, 2.75) is 31.6 Å². The van der Waals surface area contributed by atoms with Gasteiger partial charge in [0.2, 0.25) is 0 Å². The first-order valence-corrected chi connectivity index (χ1v) is 10.5. The summed E-state index contributed by atoms with van der Waals surface area (Å²) in [6.45, 7) is 4.94. The third-order valence-corrected chi connectivity index (χ3v) is 5.90. The first kappa shape index (κ1) is 25.4. The lowest BCUT2D eigenvalue weighted by Gasteiger charge is -2.38. The Kier molecular flexibility index (Phi) is 10.0. The second-order valence-corrected chi connectivity index (χ2v) is 7.81. The summed E-state index contributed by atoms with van der Waals surface area (Å²) in [5.41, 5.74) is 3.40. The van der Waals surface area contributed by atoms with Crippen molar-refractivity contribution in [2.75, 3.05) is 40.5 Å². The van der Waals surface area contributed by atoms with Crippen molar-refractivity contribution in [1.82, 2.24) is 10.6 Å². The molecule has 0 amide bonds. The zero-order valence-corrected chi connectivity index (χ0v) is 20.9. The quantitative estimate of drug-likeness (QED) is 0.313. The highest BCUT2D eigenvalue weighted by Crippen LogP contribution is 2.34. The highest BCUT2D eigenvalue weighted by atomic mass is 127. The van der Waals surface area contributed by atoms with Gasteiger partial charge in [-0.05, 0) is 61.1 Å². The number of nitrogens with zero attached hydrogens (tertiary/aromatic N) is 1. The number of guanidine groups is 1. The van der Waals surface area contributed by atoms with E-state index >= 15 is 0 Å². The van der Waals surface area contributed by atoms with Gasteiger partial charge in [0.05, 0.1) is 7.11 Å². The number of methoxy groups -OCH3 is 1. The van der Waals surface area contributed by atoms with E-state index in [0.29, 0.717) is 13.2 Å². The molecule has 1 fully saturated rings. The average molecular weight is 541 g/mol. The fourth-order valence-electron chi connectivity index (χ4n) is 3.95. The van der Waals surface area contributed by atoms with Crippen molar-refractivity contribution in [3.8, 4) is 5.75 Å². The Bertz CT molecular complexity index is 852. The van der Waals surface area contributed by atoms with E-state index in [0.717, 1.165) is 55.2 Å². The summed E-state index contributed by atoms with van der Waals surface area (Å²) in [6, 6.07) is 13.1. The number of ether oxygens (including phenoxy) is 2. The van der Waals surface area contributed by atoms with Gasteiger partial charge in [-0.15, -0.1) is 24.0 Å². The topological polar surface area (TPSA) is 54.9 Å². The highest BCUT2D eigenvalue weighted by molar-refractivity contribution is 14.0. The van der Waals surface area contributed by atoms with Crippen LogP contribution in [0.1, 0.15) is 29.5 Å². The van der Waals surface area contributed by atoms with E-state index in [1.165, 1.54) is 17.7 Å². The molecule has 1 aliphatic rings. The van der Waals surface area contributed by atoms with Gasteiger partial charge in [0.1, 0.15) is 11.6 Å². The van der Waals surface area contributed by atoms with Crippen LogP contribution >= 0.6 is 24.0 Å². The standard InChI is InChI=1S/C24H32FN3O2.HI/c1-18-4-5-19(16-22(18)29-3)10-13-27-23(26-2)28-17-24(11-14-30-15-12-24)20-6-8-21(25)9-7-20;/h4-9,16H,10-15,17H2,1-3H3,(H2,26,27,28);1H. The summed E-state index contributed by atoms with van der Waals surface area (Å²) < 4.78 is 24.4. The maximum absolute atomic E-state index is 13.4. The van der Waals surface area contributed by atoms with E-state index in [9.17, 15) is 4.39 Å². The zero-order chi connectivity index (χ0) is 21.4. The Balaban J connectivity index is 0.00000341. The summed E-state index contributed by atoms with van der Waals surface area (Å²) in [4.78, 5) is 4.37. The average Bonchev–Trinajstić information content (AvgIpc) is 2.78. The molecule has 7 heteroatoms. The van der Waals surface area contributed by atoms with Gasteiger partial charge in [-0.25, -0.2) is 4.39 Å². The van der Waals surface area contributed by atoms with E-state index in [4.69, 9.17) is 9.47 Å². The first-order valence-electron chi connectivity index (χ1n) is 10.5. The molecule has 0 spiro atoms. The lowest BCUT2D eigenvalue weighted by Crippen LogP contribution is -2.48. The molecule has 1 saturated heterocycles. The van der Waals surface area contributed by atoms with Crippen molar-refractivity contribution < 1.29 is 13.9 Å². The monoisotopic (exact) mass is 541 g/mol. The molecule has 3 rings (SSSR count). The maximum Gasteiger partial charge on any atom is 0.191 e. The van der Waals surface area contributed by atoms with E-state index in [2.05, 4.69) is 33.8 Å². The molecule has 0 aromatic heterocycles. The van der Waals surface area contributed by atoms with Gasteiger partial charge in [-0.1, -0.05) is 24.3 Å². The molecule has 2 aromatic carbocycles. The number of aliphatic imine (C=N–C) groups is 1. The summed E-state index contributed by atoms with van der Waals surface area (Å²) in [5.74, 6) is 1.47. The highest BCUT2D eigenvalue weighted by Gasteiger charge is 2.34. The molecular formula is C24H33FIN3O2. The Labute approximate surface area is 201 Å². The molecule has 0 bridgehead atoms. The van der Waals surface area contributed by atoms with Crippen LogP contribution in [0.5, 0.6) is 5.75 Å². The minimum absolute atomic E-state index is 0. The minimum atomic E-state index is -0.209. The Hall–Kier alpha value is -1.87. The molecule has 0 unspecified atom stereocenters. The van der Waals surface area contributed by atoms with Crippen molar-refractivity contribution in [1.29, 1.82) is 0 Å². The Morgan fingerprint density at radius 3 is 2.48 bits per heavy atom. The van der Waals surface area contributed by atoms with E-state index in [1.54, 1.807) is 14.2 Å². The van der Waals surface area contributed by atoms with Crippen LogP contribution in [0.25, 0.3) is 0 Å². The van der Waals surface area contributed by atoms with Crippen LogP contribution in [-0.2, 0) is 16.6 Å². The fourth-order valence-corrected chi connectivity index (χ4v) is 3.95. The molecule has 170 valence electrons. The molecule has 31 heavy (non-hydrogen) atoms. The predicted octanol–water partition coefficient (Wildman–Crippen LogP) is 4.22. The third-order valence-electron chi connectivity index (χ3n) is 5.90. The number of benzene rings is 2. The molecule has 1 aliphatic heterocycles. The maximum atomic E-state index is 13.4. The van der Waals surface area contributed by atoms with Crippen molar-refractivity contribution in [2.24, 2.45) is 4.99 Å². The van der Waals surface area contributed by atoms with Crippen LogP contribution in [0.15, 0.2) is 47.5 Å². The van der Waals surface area contributed by atoms with Crippen molar-refractivity contribution in [3.05, 3.63) is 65.0 Å². The number of hydrogen-bond acceptors (Lipinski definition) is 3. The second kappa shape index (κ2) is 12.2. The molecule has 2 N–H and O–H groups in total. The van der Waals surface area contributed by atoms with E-state index < -0.39 is 0 Å². The number of aryl methyl sites for hydroxylation is 1. The van der Waals surface area contributed by atoms with Gasteiger partial charge in [0.15, 0.2) is 5.96 Å². The van der Waals surface area contributed by atoms with Gasteiger partial charge >= 0.3 is 0 Å². The zero-order valence-electron chi connectivity index (χ0n) is 18.5. The van der Waals surface area contributed by atoms with Crippen LogP contribution in [0.3, 0.4) is 0 Å². The molecule has 1 heterocycles. The summed E-state index contributed by atoms with van der Waals surface area (Å²) in [5, 5.41) is 6.87. The van der Waals surface area contributed by atoms with Crippen LogP contribution in [0.4, 0.5) is 4.39 Å². The summed E-state index contributed by atoms with van der Waals surface area (Å²) >= 11 is 0. The van der Waals surface area contributed by atoms with Crippen LogP contribution < -0.4 is 15.4 Å². The van der Waals surface area contributed by atoms with Crippen LogP contribution in [0, 0.1) is 12.7 Å². The third kappa shape index (κ3) is 6.80. The van der Waals surface area contributed by atoms with Crippen molar-refractivity contribution in [3.63, 3.8) is 0 Å². The number of nitrogens with one attached hydrogen (secondary N) is 2. The molecule has 0 radical (unpaired) electrons. The van der Waals surface area contributed by atoms with Gasteiger partial charge in [-0.3, -0.25) is 4.99 Å². The van der Waals surface area contributed by atoms with E-state index in [-0.39, 0.29) is 35.2 Å². The Morgan fingerprint density at radius 1 is 1.13 bits per heavy atom. The molecule has 0 aliphatic carbocycles. The van der Waals surface area contributed by atoms with Gasteiger partial charge in [-0.2, -0.15) is 0 Å². The number of hydrogen-bond donors (Lipinski definition) is 2.